The van der Waals surface area contributed by atoms with E-state index in [1.54, 1.807) is 4.57 Å². The van der Waals surface area contributed by atoms with Gasteiger partial charge in [0, 0.05) is 33.2 Å². The van der Waals surface area contributed by atoms with E-state index >= 15 is 0 Å². The highest BCUT2D eigenvalue weighted by molar-refractivity contribution is 5.86. The van der Waals surface area contributed by atoms with Crippen molar-refractivity contribution in [2.75, 3.05) is 5.73 Å². The second-order valence-electron chi connectivity index (χ2n) is 5.87. The van der Waals surface area contributed by atoms with Crippen molar-refractivity contribution in [1.29, 1.82) is 0 Å². The Hall–Kier alpha value is -3.37. The summed E-state index contributed by atoms with van der Waals surface area (Å²) in [5, 5.41) is 0. The lowest BCUT2D eigenvalue weighted by Crippen LogP contribution is -2.20. The minimum atomic E-state index is -0.759. The summed E-state index contributed by atoms with van der Waals surface area (Å²) in [6.07, 6.45) is 3.00. The highest BCUT2D eigenvalue weighted by atomic mass is 16.6. The molecule has 2 rings (SSSR count). The topological polar surface area (TPSA) is 156 Å². The molecule has 2 N–H and O–H groups in total. The number of carbonyl (C=O) groups excluding carboxylic acids is 4. The van der Waals surface area contributed by atoms with E-state index in [1.807, 2.05) is 0 Å². The average molecular weight is 377 g/mol. The summed E-state index contributed by atoms with van der Waals surface area (Å²) in [5.41, 5.74) is 6.64. The van der Waals surface area contributed by atoms with E-state index < -0.39 is 29.8 Å². The molecule has 0 amide bonds. The van der Waals surface area contributed by atoms with Crippen LogP contribution in [0, 0.1) is 5.92 Å². The zero-order chi connectivity index (χ0) is 20.0. The van der Waals surface area contributed by atoms with Crippen LogP contribution in [-0.4, -0.2) is 43.4 Å². The quantitative estimate of drug-likeness (QED) is 0.528. The van der Waals surface area contributed by atoms with Crippen LogP contribution in [0.1, 0.15) is 33.1 Å². The molecule has 0 atom stereocenters. The van der Waals surface area contributed by atoms with E-state index in [0.717, 1.165) is 13.8 Å². The van der Waals surface area contributed by atoms with Crippen LogP contribution in [0.5, 0.6) is 0 Å². The summed E-state index contributed by atoms with van der Waals surface area (Å²) in [7, 11) is 0. The van der Waals surface area contributed by atoms with Crippen LogP contribution in [0.3, 0.4) is 0 Å². The number of hydrogen-bond acceptors (Lipinski definition) is 10. The third-order valence-corrected chi connectivity index (χ3v) is 3.58. The molecule has 2 heterocycles. The maximum atomic E-state index is 11.8. The molecule has 0 saturated heterocycles. The first-order chi connectivity index (χ1) is 12.7. The Balaban J connectivity index is 2.08. The molecule has 0 radical (unpaired) electrons. The zero-order valence-corrected chi connectivity index (χ0v) is 14.9. The van der Waals surface area contributed by atoms with Crippen LogP contribution in [0.25, 0.3) is 11.2 Å². The molecule has 11 heteroatoms. The summed E-state index contributed by atoms with van der Waals surface area (Å²) in [6, 6.07) is 0. The van der Waals surface area contributed by atoms with Gasteiger partial charge in [-0.25, -0.2) is 9.97 Å². The Bertz CT molecular complexity index is 847. The molecule has 144 valence electrons. The van der Waals surface area contributed by atoms with Crippen LogP contribution >= 0.6 is 0 Å². The summed E-state index contributed by atoms with van der Waals surface area (Å²) >= 11 is 0. The minimum absolute atomic E-state index is 0.0934. The Morgan fingerprint density at radius 2 is 1.67 bits per heavy atom. The van der Waals surface area contributed by atoms with Crippen molar-refractivity contribution in [2.24, 2.45) is 5.92 Å². The number of nitrogens with zero attached hydrogens (tertiary/aromatic N) is 4. The van der Waals surface area contributed by atoms with Crippen LogP contribution in [-0.2, 0) is 35.2 Å². The molecule has 11 nitrogen and oxygen atoms in total. The van der Waals surface area contributed by atoms with E-state index in [2.05, 4.69) is 24.4 Å². The van der Waals surface area contributed by atoms with Gasteiger partial charge in [0.15, 0.2) is 5.65 Å². The van der Waals surface area contributed by atoms with Gasteiger partial charge in [-0.1, -0.05) is 0 Å². The van der Waals surface area contributed by atoms with E-state index in [4.69, 9.17) is 5.73 Å². The molecule has 0 spiro atoms. The molecule has 0 aliphatic rings. The molecule has 2 aromatic heterocycles. The Morgan fingerprint density at radius 1 is 1.07 bits per heavy atom. The smallest absolute Gasteiger partial charge is 0.313 e. The van der Waals surface area contributed by atoms with Gasteiger partial charge in [0.25, 0.3) is 0 Å². The molecule has 0 aliphatic carbocycles. The lowest BCUT2D eigenvalue weighted by molar-refractivity contribution is -0.159. The maximum absolute atomic E-state index is 11.8. The van der Waals surface area contributed by atoms with E-state index in [-0.39, 0.29) is 18.8 Å². The van der Waals surface area contributed by atoms with Gasteiger partial charge in [0.1, 0.15) is 5.52 Å². The lowest BCUT2D eigenvalue weighted by atomic mass is 9.97. The number of anilines is 1. The minimum Gasteiger partial charge on any atom is -0.393 e. The molecule has 0 aromatic carbocycles. The molecular formula is C16H19N5O6. The molecule has 0 unspecified atom stereocenters. The van der Waals surface area contributed by atoms with Crippen molar-refractivity contribution < 1.29 is 28.7 Å². The van der Waals surface area contributed by atoms with Gasteiger partial charge in [0.2, 0.25) is 5.95 Å². The summed E-state index contributed by atoms with van der Waals surface area (Å²) in [5.74, 6) is -3.41. The van der Waals surface area contributed by atoms with Crippen LogP contribution < -0.4 is 5.73 Å². The van der Waals surface area contributed by atoms with Gasteiger partial charge in [-0.05, 0) is 12.3 Å². The third kappa shape index (κ3) is 6.13. The number of aryl methyl sites for hydroxylation is 1. The largest absolute Gasteiger partial charge is 0.393 e. The number of carbonyl (C=O) groups is 4. The number of esters is 4. The molecular weight excluding hydrogens is 358 g/mol. The molecule has 0 aliphatic heterocycles. The first kappa shape index (κ1) is 19.9. The zero-order valence-electron chi connectivity index (χ0n) is 14.9. The number of aromatic nitrogens is 4. The number of nitrogen functional groups attached to an aromatic ring is 1. The number of hydrogen-bond donors (Lipinski definition) is 1. The number of fused-ring (bicyclic) bond motifs is 1. The summed E-state index contributed by atoms with van der Waals surface area (Å²) < 4.78 is 10.7. The Labute approximate surface area is 153 Å². The van der Waals surface area contributed by atoms with Crippen LogP contribution in [0.15, 0.2) is 12.5 Å². The summed E-state index contributed by atoms with van der Waals surface area (Å²) in [6.45, 7) is 2.58. The second-order valence-corrected chi connectivity index (χ2v) is 5.87. The second kappa shape index (κ2) is 8.83. The molecule has 0 bridgehead atoms. The Kier molecular flexibility index (Phi) is 6.52. The van der Waals surface area contributed by atoms with Crippen molar-refractivity contribution in [1.82, 2.24) is 19.5 Å². The van der Waals surface area contributed by atoms with E-state index in [9.17, 15) is 19.2 Å². The van der Waals surface area contributed by atoms with Crippen molar-refractivity contribution >= 4 is 41.0 Å². The van der Waals surface area contributed by atoms with Gasteiger partial charge in [-0.3, -0.25) is 19.2 Å². The van der Waals surface area contributed by atoms with Crippen LogP contribution in [0.2, 0.25) is 0 Å². The fourth-order valence-electron chi connectivity index (χ4n) is 2.51. The average Bonchev–Trinajstić information content (AvgIpc) is 2.93. The first-order valence-corrected chi connectivity index (χ1v) is 8.10. The first-order valence-electron chi connectivity index (χ1n) is 8.10. The van der Waals surface area contributed by atoms with E-state index in [1.165, 1.54) is 12.5 Å². The van der Waals surface area contributed by atoms with Crippen molar-refractivity contribution in [3.05, 3.63) is 12.5 Å². The van der Waals surface area contributed by atoms with Gasteiger partial charge >= 0.3 is 23.9 Å². The number of rotatable bonds is 7. The third-order valence-electron chi connectivity index (χ3n) is 3.58. The SMILES string of the molecule is CC(=O)OC(=O)CC(CCn1cnc2cnc(N)nc21)CC(=O)OC(C)=O. The summed E-state index contributed by atoms with van der Waals surface area (Å²) in [4.78, 5) is 57.5. The standard InChI is InChI=1S/C16H19N5O6/c1-9(22)26-13(24)5-11(6-14(25)27-10(2)23)3-4-21-8-19-12-7-18-16(17)20-15(12)21/h7-8,11H,3-6H2,1-2H3,(H2,17,18,20). The molecule has 0 fully saturated rings. The lowest BCUT2D eigenvalue weighted by Gasteiger charge is -2.15. The fraction of sp³-hybridized carbons (Fsp3) is 0.438. The van der Waals surface area contributed by atoms with Crippen molar-refractivity contribution in [2.45, 2.75) is 39.7 Å². The Morgan fingerprint density at radius 3 is 2.22 bits per heavy atom. The highest BCUT2D eigenvalue weighted by Crippen LogP contribution is 2.19. The number of nitrogens with two attached hydrogens (primary N) is 1. The van der Waals surface area contributed by atoms with Crippen LogP contribution in [0.4, 0.5) is 5.95 Å². The highest BCUT2D eigenvalue weighted by Gasteiger charge is 2.22. The predicted molar refractivity (Wildman–Crippen MR) is 90.6 cm³/mol. The van der Waals surface area contributed by atoms with Crippen molar-refractivity contribution in [3.63, 3.8) is 0 Å². The van der Waals surface area contributed by atoms with E-state index in [0.29, 0.717) is 24.1 Å². The van der Waals surface area contributed by atoms with Gasteiger partial charge in [-0.2, -0.15) is 4.98 Å². The predicted octanol–water partition coefficient (Wildman–Crippen LogP) is 0.374. The van der Waals surface area contributed by atoms with Gasteiger partial charge in [0.05, 0.1) is 12.5 Å². The molecule has 27 heavy (non-hydrogen) atoms. The molecule has 2 aromatic rings. The maximum Gasteiger partial charge on any atom is 0.313 e. The molecule has 0 saturated carbocycles. The number of imidazole rings is 1. The monoisotopic (exact) mass is 377 g/mol. The van der Waals surface area contributed by atoms with Gasteiger partial charge in [-0.15, -0.1) is 0 Å². The van der Waals surface area contributed by atoms with Gasteiger partial charge < -0.3 is 19.8 Å². The number of ether oxygens (including phenoxy) is 2. The van der Waals surface area contributed by atoms with Crippen molar-refractivity contribution in [3.8, 4) is 0 Å². The fourth-order valence-corrected chi connectivity index (χ4v) is 2.51. The normalized spacial score (nSPS) is 10.8.